The van der Waals surface area contributed by atoms with Crippen LogP contribution < -0.4 is 4.90 Å². The van der Waals surface area contributed by atoms with Crippen LogP contribution in [0.25, 0.3) is 0 Å². The first-order chi connectivity index (χ1) is 8.31. The number of rotatable bonds is 5. The predicted octanol–water partition coefficient (Wildman–Crippen LogP) is 2.12. The van der Waals surface area contributed by atoms with E-state index in [1.54, 1.807) is 0 Å². The molecule has 2 rings (SSSR count). The third-order valence-electron chi connectivity index (χ3n) is 3.23. The molecule has 1 aromatic rings. The van der Waals surface area contributed by atoms with E-state index >= 15 is 0 Å². The summed E-state index contributed by atoms with van der Waals surface area (Å²) in [6.07, 6.45) is 0.880. The molecule has 0 bridgehead atoms. The Balaban J connectivity index is 1.97. The van der Waals surface area contributed by atoms with Crippen LogP contribution in [0, 0.1) is 5.92 Å². The Morgan fingerprint density at radius 3 is 2.76 bits per heavy atom. The van der Waals surface area contributed by atoms with Crippen LogP contribution >= 0.6 is 0 Å². The Morgan fingerprint density at radius 1 is 1.41 bits per heavy atom. The molecule has 0 amide bonds. The van der Waals surface area contributed by atoms with Gasteiger partial charge in [-0.1, -0.05) is 18.2 Å². The van der Waals surface area contributed by atoms with Crippen molar-refractivity contribution in [1.82, 2.24) is 0 Å². The summed E-state index contributed by atoms with van der Waals surface area (Å²) in [5.41, 5.74) is 1.11. The average molecular weight is 233 g/mol. The fourth-order valence-electron chi connectivity index (χ4n) is 2.13. The lowest BCUT2D eigenvalue weighted by Gasteiger charge is -2.23. The zero-order chi connectivity index (χ0) is 12.1. The second-order valence-corrected chi connectivity index (χ2v) is 4.38. The molecule has 1 unspecified atom stereocenters. The summed E-state index contributed by atoms with van der Waals surface area (Å²) in [6.45, 7) is 4.75. The van der Waals surface area contributed by atoms with Crippen LogP contribution in [0.3, 0.4) is 0 Å². The second kappa shape index (κ2) is 5.82. The number of anilines is 1. The second-order valence-electron chi connectivity index (χ2n) is 4.38. The summed E-state index contributed by atoms with van der Waals surface area (Å²) in [4.78, 5) is 14.2. The number of nitrogens with zero attached hydrogens (tertiary/aromatic N) is 1. The van der Waals surface area contributed by atoms with Crippen LogP contribution in [-0.2, 0) is 9.53 Å². The predicted molar refractivity (Wildman–Crippen MR) is 68.3 cm³/mol. The van der Waals surface area contributed by atoms with E-state index in [0.717, 1.165) is 25.3 Å². The van der Waals surface area contributed by atoms with Gasteiger partial charge in [-0.15, -0.1) is 0 Å². The Hall–Kier alpha value is -1.35. The fraction of sp³-hybridized carbons (Fsp3) is 0.500. The van der Waals surface area contributed by atoms with Crippen molar-refractivity contribution in [2.24, 2.45) is 5.92 Å². The van der Waals surface area contributed by atoms with Crippen molar-refractivity contribution in [2.45, 2.75) is 13.3 Å². The molecule has 17 heavy (non-hydrogen) atoms. The van der Waals surface area contributed by atoms with E-state index in [-0.39, 0.29) is 5.92 Å². The molecule has 0 aromatic heterocycles. The molecular weight excluding hydrogens is 214 g/mol. The van der Waals surface area contributed by atoms with Crippen LogP contribution in [-0.4, -0.2) is 32.1 Å². The van der Waals surface area contributed by atoms with E-state index in [0.29, 0.717) is 18.9 Å². The number of likely N-dealkylation sites (N-methyl/N-ethyl adjacent to an activating group) is 1. The van der Waals surface area contributed by atoms with Crippen molar-refractivity contribution in [3.63, 3.8) is 0 Å². The summed E-state index contributed by atoms with van der Waals surface area (Å²) in [5, 5.41) is 0. The van der Waals surface area contributed by atoms with Gasteiger partial charge >= 0.3 is 0 Å². The Kier molecular flexibility index (Phi) is 4.15. The number of hydrogen-bond acceptors (Lipinski definition) is 3. The molecule has 0 aliphatic carbocycles. The van der Waals surface area contributed by atoms with Crippen LogP contribution in [0.5, 0.6) is 0 Å². The van der Waals surface area contributed by atoms with E-state index < -0.39 is 0 Å². The molecule has 1 aliphatic rings. The highest BCUT2D eigenvalue weighted by Gasteiger charge is 2.24. The molecule has 92 valence electrons. The van der Waals surface area contributed by atoms with Gasteiger partial charge in [0.05, 0.1) is 13.2 Å². The lowest BCUT2D eigenvalue weighted by molar-refractivity contribution is -0.121. The standard InChI is InChI=1S/C14H19NO2/c1-2-15(13-6-4-3-5-7-13)10-14(16)12-8-9-17-11-12/h3-7,12H,2,8-11H2,1H3. The van der Waals surface area contributed by atoms with Gasteiger partial charge in [-0.25, -0.2) is 0 Å². The number of ether oxygens (including phenoxy) is 1. The lowest BCUT2D eigenvalue weighted by Crippen LogP contribution is -2.33. The van der Waals surface area contributed by atoms with Gasteiger partial charge in [-0.2, -0.15) is 0 Å². The van der Waals surface area contributed by atoms with Gasteiger partial charge in [0.1, 0.15) is 0 Å². The Bertz CT molecular complexity index is 358. The Labute approximate surface area is 102 Å². The number of Topliss-reactive ketones (excluding diaryl/α,β-unsaturated/α-hetero) is 1. The van der Waals surface area contributed by atoms with Gasteiger partial charge in [-0.3, -0.25) is 4.79 Å². The normalized spacial score (nSPS) is 19.2. The molecule has 1 aromatic carbocycles. The average Bonchev–Trinajstić information content (AvgIpc) is 2.90. The third kappa shape index (κ3) is 3.07. The van der Waals surface area contributed by atoms with Gasteiger partial charge in [0.25, 0.3) is 0 Å². The monoisotopic (exact) mass is 233 g/mol. The van der Waals surface area contributed by atoms with Gasteiger partial charge < -0.3 is 9.64 Å². The molecule has 0 spiro atoms. The minimum Gasteiger partial charge on any atom is -0.381 e. The van der Waals surface area contributed by atoms with Crippen molar-refractivity contribution in [3.8, 4) is 0 Å². The SMILES string of the molecule is CCN(CC(=O)C1CCOC1)c1ccccc1. The van der Waals surface area contributed by atoms with Gasteiger partial charge in [0, 0.05) is 24.8 Å². The minimum atomic E-state index is 0.104. The zero-order valence-electron chi connectivity index (χ0n) is 10.3. The fourth-order valence-corrected chi connectivity index (χ4v) is 2.13. The number of benzene rings is 1. The topological polar surface area (TPSA) is 29.5 Å². The number of para-hydroxylation sites is 1. The van der Waals surface area contributed by atoms with E-state index in [4.69, 9.17) is 4.74 Å². The third-order valence-corrected chi connectivity index (χ3v) is 3.23. The molecule has 0 N–H and O–H groups in total. The molecule has 0 radical (unpaired) electrons. The maximum absolute atomic E-state index is 12.1. The summed E-state index contributed by atoms with van der Waals surface area (Å²) >= 11 is 0. The summed E-state index contributed by atoms with van der Waals surface area (Å²) in [7, 11) is 0. The first kappa shape index (κ1) is 12.1. The smallest absolute Gasteiger partial charge is 0.157 e. The lowest BCUT2D eigenvalue weighted by atomic mass is 10.0. The number of ketones is 1. The molecule has 3 nitrogen and oxygen atoms in total. The number of carbonyl (C=O) groups is 1. The van der Waals surface area contributed by atoms with Crippen LogP contribution in [0.4, 0.5) is 5.69 Å². The molecule has 0 saturated carbocycles. The minimum absolute atomic E-state index is 0.104. The molecule has 1 aliphatic heterocycles. The molecule has 3 heteroatoms. The molecule has 1 heterocycles. The summed E-state index contributed by atoms with van der Waals surface area (Å²) < 4.78 is 5.26. The van der Waals surface area contributed by atoms with E-state index in [1.165, 1.54) is 0 Å². The Morgan fingerprint density at radius 2 is 2.18 bits per heavy atom. The first-order valence-electron chi connectivity index (χ1n) is 6.21. The molecule has 1 fully saturated rings. The highest BCUT2D eigenvalue weighted by molar-refractivity contribution is 5.86. The largest absolute Gasteiger partial charge is 0.381 e. The van der Waals surface area contributed by atoms with Gasteiger partial charge in [0.2, 0.25) is 0 Å². The van der Waals surface area contributed by atoms with Crippen LogP contribution in [0.2, 0.25) is 0 Å². The molecular formula is C14H19NO2. The molecule has 1 atom stereocenters. The maximum atomic E-state index is 12.1. The van der Waals surface area contributed by atoms with Crippen LogP contribution in [0.1, 0.15) is 13.3 Å². The number of carbonyl (C=O) groups excluding carboxylic acids is 1. The van der Waals surface area contributed by atoms with Crippen LogP contribution in [0.15, 0.2) is 30.3 Å². The zero-order valence-corrected chi connectivity index (χ0v) is 10.3. The summed E-state index contributed by atoms with van der Waals surface area (Å²) in [5.74, 6) is 0.404. The van der Waals surface area contributed by atoms with E-state index in [2.05, 4.69) is 11.8 Å². The van der Waals surface area contributed by atoms with Gasteiger partial charge in [-0.05, 0) is 25.5 Å². The number of hydrogen-bond donors (Lipinski definition) is 0. The highest BCUT2D eigenvalue weighted by atomic mass is 16.5. The van der Waals surface area contributed by atoms with Crippen molar-refractivity contribution in [3.05, 3.63) is 30.3 Å². The maximum Gasteiger partial charge on any atom is 0.157 e. The summed E-state index contributed by atoms with van der Waals surface area (Å²) in [6, 6.07) is 10.1. The highest BCUT2D eigenvalue weighted by Crippen LogP contribution is 2.17. The van der Waals surface area contributed by atoms with Crippen molar-refractivity contribution >= 4 is 11.5 Å². The molecule has 1 saturated heterocycles. The van der Waals surface area contributed by atoms with Crippen molar-refractivity contribution in [2.75, 3.05) is 31.2 Å². The first-order valence-corrected chi connectivity index (χ1v) is 6.21. The van der Waals surface area contributed by atoms with E-state index in [9.17, 15) is 4.79 Å². The quantitative estimate of drug-likeness (QED) is 0.780. The van der Waals surface area contributed by atoms with Gasteiger partial charge in [0.15, 0.2) is 5.78 Å². The van der Waals surface area contributed by atoms with Crippen molar-refractivity contribution < 1.29 is 9.53 Å². The van der Waals surface area contributed by atoms with Crippen molar-refractivity contribution in [1.29, 1.82) is 0 Å². The van der Waals surface area contributed by atoms with E-state index in [1.807, 2.05) is 30.3 Å².